The number of hydrogen-bond donors (Lipinski definition) is 0. The zero-order chi connectivity index (χ0) is 15.2. The van der Waals surface area contributed by atoms with Crippen LogP contribution in [0.5, 0.6) is 0 Å². The van der Waals surface area contributed by atoms with Gasteiger partial charge in [-0.3, -0.25) is 0 Å². The fourth-order valence-corrected chi connectivity index (χ4v) is 2.96. The molecule has 3 aromatic carbocycles. The van der Waals surface area contributed by atoms with Gasteiger partial charge in [-0.15, -0.1) is 0 Å². The molecule has 0 N–H and O–H groups in total. The number of rotatable bonds is 5. The van der Waals surface area contributed by atoms with Crippen molar-refractivity contribution in [3.8, 4) is 22.3 Å². The fourth-order valence-electron chi connectivity index (χ4n) is 2.96. The molecule has 0 nitrogen and oxygen atoms in total. The van der Waals surface area contributed by atoms with Crippen molar-refractivity contribution in [3.63, 3.8) is 0 Å². The molecule has 110 valence electrons. The lowest BCUT2D eigenvalue weighted by Gasteiger charge is -2.14. The van der Waals surface area contributed by atoms with Crippen molar-refractivity contribution in [1.29, 1.82) is 0 Å². The normalized spacial score (nSPS) is 10.6. The Morgan fingerprint density at radius 2 is 1.18 bits per heavy atom. The average molecular weight is 286 g/mol. The van der Waals surface area contributed by atoms with Gasteiger partial charge in [-0.25, -0.2) is 0 Å². The van der Waals surface area contributed by atoms with Crippen LogP contribution in [-0.2, 0) is 6.42 Å². The second-order valence-electron chi connectivity index (χ2n) is 5.67. The maximum atomic E-state index is 2.27. The molecule has 3 rings (SSSR count). The highest BCUT2D eigenvalue weighted by atomic mass is 14.1. The van der Waals surface area contributed by atoms with Gasteiger partial charge in [0.25, 0.3) is 0 Å². The average Bonchev–Trinajstić information content (AvgIpc) is 2.61. The van der Waals surface area contributed by atoms with Gasteiger partial charge in [0.15, 0.2) is 0 Å². The molecule has 0 atom stereocenters. The van der Waals surface area contributed by atoms with E-state index in [2.05, 4.69) is 85.8 Å². The van der Waals surface area contributed by atoms with E-state index in [0.717, 1.165) is 6.42 Å². The van der Waals surface area contributed by atoms with Crippen molar-refractivity contribution < 1.29 is 0 Å². The van der Waals surface area contributed by atoms with E-state index in [-0.39, 0.29) is 0 Å². The van der Waals surface area contributed by atoms with Crippen molar-refractivity contribution in [2.45, 2.75) is 26.2 Å². The largest absolute Gasteiger partial charge is 0.0654 e. The summed E-state index contributed by atoms with van der Waals surface area (Å²) in [4.78, 5) is 0. The summed E-state index contributed by atoms with van der Waals surface area (Å²) in [7, 11) is 0. The Labute approximate surface area is 133 Å². The summed E-state index contributed by atoms with van der Waals surface area (Å²) in [5.74, 6) is 0. The summed E-state index contributed by atoms with van der Waals surface area (Å²) in [6.07, 6.45) is 3.62. The maximum absolute atomic E-state index is 2.27. The minimum Gasteiger partial charge on any atom is -0.0654 e. The first-order chi connectivity index (χ1) is 10.9. The predicted octanol–water partition coefficient (Wildman–Crippen LogP) is 6.36. The van der Waals surface area contributed by atoms with Gasteiger partial charge in [0.2, 0.25) is 0 Å². The molecule has 0 aromatic heterocycles. The van der Waals surface area contributed by atoms with Crippen molar-refractivity contribution >= 4 is 0 Å². The summed E-state index contributed by atoms with van der Waals surface area (Å²) in [5.41, 5.74) is 6.75. The lowest BCUT2D eigenvalue weighted by molar-refractivity contribution is 0.796. The first-order valence-corrected chi connectivity index (χ1v) is 8.13. The van der Waals surface area contributed by atoms with Gasteiger partial charge in [0, 0.05) is 0 Å². The molecule has 0 amide bonds. The van der Waals surface area contributed by atoms with Crippen molar-refractivity contribution in [3.05, 3.63) is 84.4 Å². The highest BCUT2D eigenvalue weighted by molar-refractivity contribution is 5.84. The SMILES string of the molecule is CCCCc1ccccc1-c1ccccc1-c1ccccc1. The molecule has 0 saturated carbocycles. The molecule has 0 heteroatoms. The number of benzene rings is 3. The molecule has 0 unspecified atom stereocenters. The number of aryl methyl sites for hydroxylation is 1. The van der Waals surface area contributed by atoms with Crippen LogP contribution in [0.4, 0.5) is 0 Å². The van der Waals surface area contributed by atoms with Crippen LogP contribution in [0.15, 0.2) is 78.9 Å². The van der Waals surface area contributed by atoms with Gasteiger partial charge >= 0.3 is 0 Å². The third-order valence-electron chi connectivity index (χ3n) is 4.12. The summed E-state index contributed by atoms with van der Waals surface area (Å²) < 4.78 is 0. The van der Waals surface area contributed by atoms with Crippen LogP contribution in [-0.4, -0.2) is 0 Å². The molecule has 0 heterocycles. The van der Waals surface area contributed by atoms with Crippen molar-refractivity contribution in [1.82, 2.24) is 0 Å². The molecular weight excluding hydrogens is 264 g/mol. The van der Waals surface area contributed by atoms with Gasteiger partial charge in [0.05, 0.1) is 0 Å². The predicted molar refractivity (Wildman–Crippen MR) is 95.9 cm³/mol. The van der Waals surface area contributed by atoms with E-state index in [4.69, 9.17) is 0 Å². The number of hydrogen-bond acceptors (Lipinski definition) is 0. The van der Waals surface area contributed by atoms with Crippen LogP contribution >= 0.6 is 0 Å². The molecule has 0 saturated heterocycles. The Balaban J connectivity index is 2.10. The summed E-state index contributed by atoms with van der Waals surface area (Å²) in [5, 5.41) is 0. The van der Waals surface area contributed by atoms with Gasteiger partial charge in [-0.05, 0) is 40.7 Å². The second-order valence-corrected chi connectivity index (χ2v) is 5.67. The third-order valence-corrected chi connectivity index (χ3v) is 4.12. The second kappa shape index (κ2) is 7.09. The highest BCUT2D eigenvalue weighted by Crippen LogP contribution is 2.34. The summed E-state index contributed by atoms with van der Waals surface area (Å²) in [6.45, 7) is 2.25. The molecule has 3 aromatic rings. The standard InChI is InChI=1S/C22H22/c1-2-3-11-18-14-7-8-15-20(18)22-17-10-9-16-21(22)19-12-5-4-6-13-19/h4-10,12-17H,2-3,11H2,1H3. The van der Waals surface area contributed by atoms with Crippen LogP contribution < -0.4 is 0 Å². The van der Waals surface area contributed by atoms with E-state index in [1.54, 1.807) is 0 Å². The van der Waals surface area contributed by atoms with Gasteiger partial charge < -0.3 is 0 Å². The summed E-state index contributed by atoms with van der Waals surface area (Å²) in [6, 6.07) is 28.2. The molecular formula is C22H22. The fraction of sp³-hybridized carbons (Fsp3) is 0.182. The molecule has 0 aliphatic carbocycles. The zero-order valence-corrected chi connectivity index (χ0v) is 13.1. The Kier molecular flexibility index (Phi) is 4.70. The van der Waals surface area contributed by atoms with E-state index >= 15 is 0 Å². The lowest BCUT2D eigenvalue weighted by Crippen LogP contribution is -1.92. The first kappa shape index (κ1) is 14.6. The topological polar surface area (TPSA) is 0 Å². The van der Waals surface area contributed by atoms with E-state index < -0.39 is 0 Å². The number of unbranched alkanes of at least 4 members (excludes halogenated alkanes) is 1. The smallest absolute Gasteiger partial charge is 0.0103 e. The minimum absolute atomic E-state index is 1.15. The Hall–Kier alpha value is -2.34. The molecule has 22 heavy (non-hydrogen) atoms. The van der Waals surface area contributed by atoms with E-state index in [9.17, 15) is 0 Å². The van der Waals surface area contributed by atoms with Gasteiger partial charge in [-0.2, -0.15) is 0 Å². The van der Waals surface area contributed by atoms with Crippen LogP contribution in [0.3, 0.4) is 0 Å². The molecule has 0 spiro atoms. The maximum Gasteiger partial charge on any atom is -0.0103 e. The molecule has 0 aliphatic rings. The van der Waals surface area contributed by atoms with Crippen LogP contribution in [0.2, 0.25) is 0 Å². The van der Waals surface area contributed by atoms with E-state index in [0.29, 0.717) is 0 Å². The monoisotopic (exact) mass is 286 g/mol. The molecule has 0 fully saturated rings. The van der Waals surface area contributed by atoms with Crippen molar-refractivity contribution in [2.24, 2.45) is 0 Å². The van der Waals surface area contributed by atoms with Gasteiger partial charge in [-0.1, -0.05) is 92.2 Å². The summed E-state index contributed by atoms with van der Waals surface area (Å²) >= 11 is 0. The molecule has 0 bridgehead atoms. The minimum atomic E-state index is 1.15. The highest BCUT2D eigenvalue weighted by Gasteiger charge is 2.09. The Morgan fingerprint density at radius 3 is 1.91 bits per heavy atom. The zero-order valence-electron chi connectivity index (χ0n) is 13.1. The van der Waals surface area contributed by atoms with Crippen LogP contribution in [0.1, 0.15) is 25.3 Å². The van der Waals surface area contributed by atoms with E-state index in [1.165, 1.54) is 40.7 Å². The van der Waals surface area contributed by atoms with Crippen molar-refractivity contribution in [2.75, 3.05) is 0 Å². The van der Waals surface area contributed by atoms with Crippen LogP contribution in [0.25, 0.3) is 22.3 Å². The van der Waals surface area contributed by atoms with Crippen LogP contribution in [0, 0.1) is 0 Å². The quantitative estimate of drug-likeness (QED) is 0.511. The first-order valence-electron chi connectivity index (χ1n) is 8.13. The Morgan fingerprint density at radius 1 is 0.591 bits per heavy atom. The third kappa shape index (κ3) is 3.12. The molecule has 0 radical (unpaired) electrons. The molecule has 0 aliphatic heterocycles. The van der Waals surface area contributed by atoms with E-state index in [1.807, 2.05) is 0 Å². The van der Waals surface area contributed by atoms with Gasteiger partial charge in [0.1, 0.15) is 0 Å². The lowest BCUT2D eigenvalue weighted by atomic mass is 9.90. The Bertz CT molecular complexity index is 726.